The van der Waals surface area contributed by atoms with Gasteiger partial charge in [-0.1, -0.05) is 6.07 Å². The van der Waals surface area contributed by atoms with Crippen LogP contribution in [0.15, 0.2) is 35.2 Å². The third kappa shape index (κ3) is 2.32. The highest BCUT2D eigenvalue weighted by Crippen LogP contribution is 2.08. The van der Waals surface area contributed by atoms with Gasteiger partial charge in [0.25, 0.3) is 0 Å². The van der Waals surface area contributed by atoms with Crippen molar-refractivity contribution in [3.05, 3.63) is 40.9 Å². The fourth-order valence-electron chi connectivity index (χ4n) is 1.09. The van der Waals surface area contributed by atoms with Gasteiger partial charge in [-0.25, -0.2) is 4.98 Å². The molecule has 5 heteroatoms. The largest absolute Gasteiger partial charge is 0.377 e. The van der Waals surface area contributed by atoms with Crippen molar-refractivity contribution in [3.63, 3.8) is 0 Å². The minimum Gasteiger partial charge on any atom is -0.377 e. The van der Waals surface area contributed by atoms with Gasteiger partial charge in [0.15, 0.2) is 0 Å². The number of nitrogens with zero attached hydrogens (tertiary/aromatic N) is 2. The standard InChI is InChI=1S/C9H9BrN4/c10-9-3-1-2-7(14-9)4-11-8-5-12-13-6-8/h1-3,5-6,11H,4H2,(H,12,13). The molecule has 0 spiro atoms. The number of rotatable bonds is 3. The Bertz CT molecular complexity index is 399. The number of hydrogen-bond acceptors (Lipinski definition) is 3. The summed E-state index contributed by atoms with van der Waals surface area (Å²) >= 11 is 3.32. The third-order valence-electron chi connectivity index (χ3n) is 1.74. The molecule has 0 aliphatic rings. The molecule has 0 fully saturated rings. The summed E-state index contributed by atoms with van der Waals surface area (Å²) in [6, 6.07) is 5.84. The summed E-state index contributed by atoms with van der Waals surface area (Å²) in [7, 11) is 0. The van der Waals surface area contributed by atoms with Crippen molar-refractivity contribution in [3.8, 4) is 0 Å². The fraction of sp³-hybridized carbons (Fsp3) is 0.111. The molecular formula is C9H9BrN4. The average molecular weight is 253 g/mol. The van der Waals surface area contributed by atoms with Crippen LogP contribution in [0, 0.1) is 0 Å². The summed E-state index contributed by atoms with van der Waals surface area (Å²) in [6.07, 6.45) is 3.54. The van der Waals surface area contributed by atoms with E-state index in [0.29, 0.717) is 6.54 Å². The number of hydrogen-bond donors (Lipinski definition) is 2. The van der Waals surface area contributed by atoms with Crippen molar-refractivity contribution in [2.45, 2.75) is 6.54 Å². The lowest BCUT2D eigenvalue weighted by molar-refractivity contribution is 1.03. The summed E-state index contributed by atoms with van der Waals surface area (Å²) < 4.78 is 0.851. The second kappa shape index (κ2) is 4.23. The zero-order valence-electron chi connectivity index (χ0n) is 7.37. The van der Waals surface area contributed by atoms with Crippen molar-refractivity contribution in [2.75, 3.05) is 5.32 Å². The Labute approximate surface area is 89.9 Å². The van der Waals surface area contributed by atoms with Crippen LogP contribution in [0.1, 0.15) is 5.69 Å². The van der Waals surface area contributed by atoms with Gasteiger partial charge in [0.05, 0.1) is 24.1 Å². The lowest BCUT2D eigenvalue weighted by Crippen LogP contribution is -2.00. The molecule has 0 unspecified atom stereocenters. The van der Waals surface area contributed by atoms with Crippen LogP contribution in [-0.2, 0) is 6.54 Å². The third-order valence-corrected chi connectivity index (χ3v) is 2.19. The minimum absolute atomic E-state index is 0.693. The van der Waals surface area contributed by atoms with E-state index >= 15 is 0 Å². The molecule has 0 aliphatic heterocycles. The first-order chi connectivity index (χ1) is 6.84. The molecule has 14 heavy (non-hydrogen) atoms. The molecule has 4 nitrogen and oxygen atoms in total. The average Bonchev–Trinajstić information content (AvgIpc) is 2.67. The topological polar surface area (TPSA) is 53.6 Å². The van der Waals surface area contributed by atoms with Gasteiger partial charge in [0, 0.05) is 6.20 Å². The first kappa shape index (κ1) is 9.21. The lowest BCUT2D eigenvalue weighted by Gasteiger charge is -2.02. The van der Waals surface area contributed by atoms with Crippen molar-refractivity contribution in [1.29, 1.82) is 0 Å². The Morgan fingerprint density at radius 3 is 3.07 bits per heavy atom. The number of nitrogens with one attached hydrogen (secondary N) is 2. The Morgan fingerprint density at radius 2 is 2.36 bits per heavy atom. The Balaban J connectivity index is 1.98. The molecule has 2 heterocycles. The smallest absolute Gasteiger partial charge is 0.106 e. The van der Waals surface area contributed by atoms with E-state index in [2.05, 4.69) is 36.4 Å². The van der Waals surface area contributed by atoms with Gasteiger partial charge in [-0.2, -0.15) is 5.10 Å². The minimum atomic E-state index is 0.693. The van der Waals surface area contributed by atoms with Crippen LogP contribution in [-0.4, -0.2) is 15.2 Å². The SMILES string of the molecule is Brc1cccc(CNc2cn[nH]c2)n1. The number of aromatic nitrogens is 3. The summed E-state index contributed by atoms with van der Waals surface area (Å²) in [5.41, 5.74) is 1.95. The summed E-state index contributed by atoms with van der Waals surface area (Å²) in [6.45, 7) is 0.693. The van der Waals surface area contributed by atoms with E-state index in [1.807, 2.05) is 18.2 Å². The maximum Gasteiger partial charge on any atom is 0.106 e. The maximum atomic E-state index is 4.30. The normalized spacial score (nSPS) is 10.1. The van der Waals surface area contributed by atoms with E-state index in [4.69, 9.17) is 0 Å². The number of anilines is 1. The number of halogens is 1. The second-order valence-electron chi connectivity index (χ2n) is 2.79. The molecule has 2 aromatic rings. The van der Waals surface area contributed by atoms with E-state index in [1.165, 1.54) is 0 Å². The first-order valence-electron chi connectivity index (χ1n) is 4.19. The summed E-state index contributed by atoms with van der Waals surface area (Å²) in [4.78, 5) is 4.30. The molecule has 0 bridgehead atoms. The Hall–Kier alpha value is -1.36. The molecule has 0 saturated carbocycles. The van der Waals surface area contributed by atoms with Gasteiger partial charge in [-0.15, -0.1) is 0 Å². The lowest BCUT2D eigenvalue weighted by atomic mass is 10.3. The molecule has 2 N–H and O–H groups in total. The van der Waals surface area contributed by atoms with Gasteiger partial charge >= 0.3 is 0 Å². The van der Waals surface area contributed by atoms with Crippen molar-refractivity contribution >= 4 is 21.6 Å². The van der Waals surface area contributed by atoms with Crippen molar-refractivity contribution in [2.24, 2.45) is 0 Å². The molecular weight excluding hydrogens is 244 g/mol. The predicted octanol–water partition coefficient (Wildman–Crippen LogP) is 2.18. The molecule has 0 aromatic carbocycles. The van der Waals surface area contributed by atoms with E-state index in [1.54, 1.807) is 12.4 Å². The van der Waals surface area contributed by atoms with Gasteiger partial charge in [0.2, 0.25) is 0 Å². The second-order valence-corrected chi connectivity index (χ2v) is 3.60. The maximum absolute atomic E-state index is 4.30. The van der Waals surface area contributed by atoms with Crippen LogP contribution in [0.2, 0.25) is 0 Å². The molecule has 0 aliphatic carbocycles. The van der Waals surface area contributed by atoms with Crippen LogP contribution in [0.5, 0.6) is 0 Å². The molecule has 2 aromatic heterocycles. The fourth-order valence-corrected chi connectivity index (χ4v) is 1.47. The number of aromatic amines is 1. The van der Waals surface area contributed by atoms with Crippen molar-refractivity contribution in [1.82, 2.24) is 15.2 Å². The first-order valence-corrected chi connectivity index (χ1v) is 4.98. The molecule has 0 amide bonds. The van der Waals surface area contributed by atoms with Crippen LogP contribution >= 0.6 is 15.9 Å². The van der Waals surface area contributed by atoms with Crippen LogP contribution in [0.25, 0.3) is 0 Å². The molecule has 2 rings (SSSR count). The Morgan fingerprint density at radius 1 is 1.43 bits per heavy atom. The zero-order chi connectivity index (χ0) is 9.80. The molecule has 0 atom stereocenters. The molecule has 0 radical (unpaired) electrons. The highest BCUT2D eigenvalue weighted by Gasteiger charge is 1.96. The predicted molar refractivity (Wildman–Crippen MR) is 57.9 cm³/mol. The Kier molecular flexibility index (Phi) is 2.78. The van der Waals surface area contributed by atoms with Gasteiger partial charge < -0.3 is 5.32 Å². The summed E-state index contributed by atoms with van der Waals surface area (Å²) in [5, 5.41) is 9.76. The van der Waals surface area contributed by atoms with Gasteiger partial charge in [-0.3, -0.25) is 5.10 Å². The number of H-pyrrole nitrogens is 1. The van der Waals surface area contributed by atoms with Crippen molar-refractivity contribution < 1.29 is 0 Å². The van der Waals surface area contributed by atoms with E-state index < -0.39 is 0 Å². The van der Waals surface area contributed by atoms with Crippen LogP contribution in [0.4, 0.5) is 5.69 Å². The highest BCUT2D eigenvalue weighted by atomic mass is 79.9. The highest BCUT2D eigenvalue weighted by molar-refractivity contribution is 9.10. The van der Waals surface area contributed by atoms with E-state index in [0.717, 1.165) is 16.0 Å². The number of pyridine rings is 1. The quantitative estimate of drug-likeness (QED) is 0.824. The molecule has 0 saturated heterocycles. The van der Waals surface area contributed by atoms with Crippen LogP contribution < -0.4 is 5.32 Å². The molecule has 72 valence electrons. The monoisotopic (exact) mass is 252 g/mol. The van der Waals surface area contributed by atoms with Gasteiger partial charge in [0.1, 0.15) is 4.60 Å². The van der Waals surface area contributed by atoms with E-state index in [9.17, 15) is 0 Å². The van der Waals surface area contributed by atoms with Gasteiger partial charge in [-0.05, 0) is 28.1 Å². The zero-order valence-corrected chi connectivity index (χ0v) is 8.95. The van der Waals surface area contributed by atoms with E-state index in [-0.39, 0.29) is 0 Å². The van der Waals surface area contributed by atoms with Crippen LogP contribution in [0.3, 0.4) is 0 Å². The summed E-state index contributed by atoms with van der Waals surface area (Å²) in [5.74, 6) is 0.